The molecule has 0 saturated heterocycles. The molecular weight excluding hydrogens is 232 g/mol. The largest absolute Gasteiger partial charge is 0.330 e. The average molecular weight is 268 g/mol. The monoisotopic (exact) mass is 268 g/mol. The van der Waals surface area contributed by atoms with Crippen molar-refractivity contribution in [3.05, 3.63) is 0 Å². The molecule has 1 fully saturated rings. The molecule has 1 saturated carbocycles. The highest BCUT2D eigenvalue weighted by Crippen LogP contribution is 2.38. The molecule has 0 aromatic heterocycles. The molecule has 0 bridgehead atoms. The molecule has 1 aliphatic carbocycles. The summed E-state index contributed by atoms with van der Waals surface area (Å²) in [6.45, 7) is 9.34. The van der Waals surface area contributed by atoms with Gasteiger partial charge in [0.1, 0.15) is 0 Å². The molecule has 114 valence electrons. The Hall–Kier alpha value is -0.0800. The molecule has 0 aromatic rings. The van der Waals surface area contributed by atoms with Crippen LogP contribution in [0.15, 0.2) is 0 Å². The predicted molar refractivity (Wildman–Crippen MR) is 85.4 cm³/mol. The number of nitrogens with zero attached hydrogens (tertiary/aromatic N) is 1. The number of rotatable bonds is 10. The molecule has 1 rings (SSSR count). The van der Waals surface area contributed by atoms with Gasteiger partial charge < -0.3 is 10.6 Å². The first-order valence-corrected chi connectivity index (χ1v) is 8.69. The zero-order valence-electron chi connectivity index (χ0n) is 13.4. The fourth-order valence-electron chi connectivity index (χ4n) is 3.35. The van der Waals surface area contributed by atoms with Crippen molar-refractivity contribution >= 4 is 0 Å². The van der Waals surface area contributed by atoms with Crippen molar-refractivity contribution in [3.8, 4) is 0 Å². The second kappa shape index (κ2) is 9.77. The summed E-state index contributed by atoms with van der Waals surface area (Å²) < 4.78 is 0. The van der Waals surface area contributed by atoms with Crippen molar-refractivity contribution in [3.63, 3.8) is 0 Å². The van der Waals surface area contributed by atoms with Crippen LogP contribution in [0.3, 0.4) is 0 Å². The summed E-state index contributed by atoms with van der Waals surface area (Å²) in [5, 5.41) is 0. The number of unbranched alkanes of at least 4 members (excludes halogenated alkanes) is 2. The highest BCUT2D eigenvalue weighted by atomic mass is 15.1. The quantitative estimate of drug-likeness (QED) is 0.644. The van der Waals surface area contributed by atoms with Crippen LogP contribution in [0.25, 0.3) is 0 Å². The van der Waals surface area contributed by atoms with Gasteiger partial charge >= 0.3 is 0 Å². The van der Waals surface area contributed by atoms with Crippen LogP contribution >= 0.6 is 0 Å². The lowest BCUT2D eigenvalue weighted by Gasteiger charge is -2.38. The SMILES string of the molecule is CCCCN(CCCC)CCC1(CN)CCCCC1. The van der Waals surface area contributed by atoms with Crippen LogP contribution in [-0.2, 0) is 0 Å². The van der Waals surface area contributed by atoms with Crippen molar-refractivity contribution < 1.29 is 0 Å². The summed E-state index contributed by atoms with van der Waals surface area (Å²) in [5.41, 5.74) is 6.59. The van der Waals surface area contributed by atoms with E-state index < -0.39 is 0 Å². The fraction of sp³-hybridized carbons (Fsp3) is 1.00. The van der Waals surface area contributed by atoms with Gasteiger partial charge in [-0.2, -0.15) is 0 Å². The Labute approximate surface area is 121 Å². The third-order valence-corrected chi connectivity index (χ3v) is 4.96. The Morgan fingerprint density at radius 2 is 1.47 bits per heavy atom. The molecule has 0 aromatic carbocycles. The van der Waals surface area contributed by atoms with Crippen molar-refractivity contribution in [1.29, 1.82) is 0 Å². The summed E-state index contributed by atoms with van der Waals surface area (Å²) in [6.07, 6.45) is 13.6. The summed E-state index contributed by atoms with van der Waals surface area (Å²) in [5.74, 6) is 0. The maximum atomic E-state index is 6.11. The first-order chi connectivity index (χ1) is 9.26. The van der Waals surface area contributed by atoms with E-state index >= 15 is 0 Å². The van der Waals surface area contributed by atoms with Gasteiger partial charge in [0.25, 0.3) is 0 Å². The molecule has 0 unspecified atom stereocenters. The Bertz CT molecular complexity index is 201. The number of hydrogen-bond acceptors (Lipinski definition) is 2. The van der Waals surface area contributed by atoms with E-state index in [1.807, 2.05) is 0 Å². The van der Waals surface area contributed by atoms with Crippen LogP contribution in [0.2, 0.25) is 0 Å². The number of nitrogens with two attached hydrogens (primary N) is 1. The summed E-state index contributed by atoms with van der Waals surface area (Å²) in [7, 11) is 0. The van der Waals surface area contributed by atoms with Gasteiger partial charge in [-0.3, -0.25) is 0 Å². The van der Waals surface area contributed by atoms with Crippen molar-refractivity contribution in [1.82, 2.24) is 4.90 Å². The Balaban J connectivity index is 2.38. The molecule has 0 amide bonds. The van der Waals surface area contributed by atoms with Gasteiger partial charge in [0.2, 0.25) is 0 Å². The average Bonchev–Trinajstić information content (AvgIpc) is 2.47. The van der Waals surface area contributed by atoms with E-state index in [2.05, 4.69) is 18.7 Å². The highest BCUT2D eigenvalue weighted by Gasteiger charge is 2.30. The van der Waals surface area contributed by atoms with E-state index in [1.54, 1.807) is 0 Å². The molecule has 19 heavy (non-hydrogen) atoms. The van der Waals surface area contributed by atoms with Gasteiger partial charge in [-0.15, -0.1) is 0 Å². The van der Waals surface area contributed by atoms with Gasteiger partial charge in [-0.05, 0) is 63.7 Å². The minimum atomic E-state index is 0.481. The second-order valence-corrected chi connectivity index (χ2v) is 6.56. The lowest BCUT2D eigenvalue weighted by Crippen LogP contribution is -2.37. The van der Waals surface area contributed by atoms with Crippen LogP contribution in [0.1, 0.15) is 78.1 Å². The minimum Gasteiger partial charge on any atom is -0.330 e. The molecule has 0 heterocycles. The predicted octanol–water partition coefficient (Wildman–Crippen LogP) is 4.19. The van der Waals surface area contributed by atoms with Crippen LogP contribution in [0.5, 0.6) is 0 Å². The molecule has 2 N–H and O–H groups in total. The van der Waals surface area contributed by atoms with Crippen molar-refractivity contribution in [2.75, 3.05) is 26.2 Å². The zero-order chi connectivity index (χ0) is 14.0. The zero-order valence-corrected chi connectivity index (χ0v) is 13.4. The fourth-order valence-corrected chi connectivity index (χ4v) is 3.35. The first kappa shape index (κ1) is 17.0. The lowest BCUT2D eigenvalue weighted by atomic mass is 9.72. The van der Waals surface area contributed by atoms with Crippen LogP contribution in [-0.4, -0.2) is 31.1 Å². The van der Waals surface area contributed by atoms with E-state index in [1.165, 1.54) is 83.8 Å². The Morgan fingerprint density at radius 1 is 0.895 bits per heavy atom. The molecule has 2 heteroatoms. The van der Waals surface area contributed by atoms with Crippen LogP contribution in [0.4, 0.5) is 0 Å². The van der Waals surface area contributed by atoms with Crippen LogP contribution < -0.4 is 5.73 Å². The minimum absolute atomic E-state index is 0.481. The molecule has 0 atom stereocenters. The van der Waals surface area contributed by atoms with E-state index in [4.69, 9.17) is 5.73 Å². The molecule has 0 aliphatic heterocycles. The Kier molecular flexibility index (Phi) is 8.72. The lowest BCUT2D eigenvalue weighted by molar-refractivity contribution is 0.145. The van der Waals surface area contributed by atoms with Crippen molar-refractivity contribution in [2.45, 2.75) is 78.1 Å². The summed E-state index contributed by atoms with van der Waals surface area (Å²) >= 11 is 0. The van der Waals surface area contributed by atoms with Crippen LogP contribution in [0, 0.1) is 5.41 Å². The van der Waals surface area contributed by atoms with Gasteiger partial charge in [0.15, 0.2) is 0 Å². The highest BCUT2D eigenvalue weighted by molar-refractivity contribution is 4.84. The standard InChI is InChI=1S/C17H36N2/c1-3-5-13-19(14-6-4-2)15-12-17(16-18)10-8-7-9-11-17/h3-16,18H2,1-2H3. The molecular formula is C17H36N2. The molecule has 2 nitrogen and oxygen atoms in total. The third kappa shape index (κ3) is 6.27. The normalized spacial score (nSPS) is 18.9. The van der Waals surface area contributed by atoms with Gasteiger partial charge in [0.05, 0.1) is 0 Å². The van der Waals surface area contributed by atoms with Crippen molar-refractivity contribution in [2.24, 2.45) is 11.1 Å². The molecule has 0 spiro atoms. The summed E-state index contributed by atoms with van der Waals surface area (Å²) in [6, 6.07) is 0. The third-order valence-electron chi connectivity index (χ3n) is 4.96. The Morgan fingerprint density at radius 3 is 1.95 bits per heavy atom. The van der Waals surface area contributed by atoms with Gasteiger partial charge in [-0.25, -0.2) is 0 Å². The van der Waals surface area contributed by atoms with E-state index in [0.29, 0.717) is 5.41 Å². The van der Waals surface area contributed by atoms with E-state index in [9.17, 15) is 0 Å². The summed E-state index contributed by atoms with van der Waals surface area (Å²) in [4.78, 5) is 2.69. The molecule has 0 radical (unpaired) electrons. The maximum Gasteiger partial charge on any atom is -0.00130 e. The smallest absolute Gasteiger partial charge is 0.00130 e. The number of hydrogen-bond donors (Lipinski definition) is 1. The topological polar surface area (TPSA) is 29.3 Å². The first-order valence-electron chi connectivity index (χ1n) is 8.69. The van der Waals surface area contributed by atoms with Gasteiger partial charge in [-0.1, -0.05) is 46.0 Å². The van der Waals surface area contributed by atoms with E-state index in [0.717, 1.165) is 6.54 Å². The molecule has 1 aliphatic rings. The van der Waals surface area contributed by atoms with E-state index in [-0.39, 0.29) is 0 Å². The second-order valence-electron chi connectivity index (χ2n) is 6.56. The van der Waals surface area contributed by atoms with Gasteiger partial charge in [0, 0.05) is 0 Å². The maximum absolute atomic E-state index is 6.11.